The Bertz CT molecular complexity index is 1280. The summed E-state index contributed by atoms with van der Waals surface area (Å²) in [5.74, 6) is 0.610. The molecule has 2 aromatic heterocycles. The first kappa shape index (κ1) is 28.9. The maximum Gasteiger partial charge on any atom is 0.407 e. The Hall–Kier alpha value is -2.65. The van der Waals surface area contributed by atoms with E-state index < -0.39 is 12.1 Å². The number of likely N-dealkylation sites (tertiary alicyclic amines) is 1. The van der Waals surface area contributed by atoms with Crippen molar-refractivity contribution >= 4 is 56.4 Å². The number of allylic oxidation sites excluding steroid dienone is 1. The number of imidazole rings is 1. The van der Waals surface area contributed by atoms with Crippen molar-refractivity contribution < 1.29 is 14.3 Å². The number of nitrogens with one attached hydrogen (secondary N) is 2. The lowest BCUT2D eigenvalue weighted by molar-refractivity contribution is -0.135. The highest BCUT2D eigenvalue weighted by molar-refractivity contribution is 9.11. The minimum atomic E-state index is -0.646. The number of hydrogen-bond acceptors (Lipinski definition) is 5. The fourth-order valence-electron chi connectivity index (χ4n) is 4.50. The van der Waals surface area contributed by atoms with Gasteiger partial charge in [0.25, 0.3) is 0 Å². The van der Waals surface area contributed by atoms with Crippen LogP contribution < -0.4 is 5.32 Å². The van der Waals surface area contributed by atoms with Gasteiger partial charge in [-0.2, -0.15) is 0 Å². The zero-order chi connectivity index (χ0) is 27.3. The van der Waals surface area contributed by atoms with Gasteiger partial charge in [0.05, 0.1) is 24.2 Å². The number of aryl methyl sites for hydroxylation is 1. The van der Waals surface area contributed by atoms with Gasteiger partial charge in [-0.3, -0.25) is 4.79 Å². The fraction of sp³-hybridized carbons (Fsp3) is 0.464. The van der Waals surface area contributed by atoms with E-state index in [0.29, 0.717) is 6.54 Å². The molecule has 3 aromatic rings. The molecule has 4 rings (SSSR count). The summed E-state index contributed by atoms with van der Waals surface area (Å²) in [6.07, 6.45) is 3.26. The molecule has 1 saturated heterocycles. The summed E-state index contributed by atoms with van der Waals surface area (Å²) < 4.78 is 5.82. The predicted octanol–water partition coefficient (Wildman–Crippen LogP) is 7.43. The van der Waals surface area contributed by atoms with E-state index in [0.717, 1.165) is 39.7 Å². The molecule has 0 radical (unpaired) electrons. The smallest absolute Gasteiger partial charge is 0.407 e. The van der Waals surface area contributed by atoms with E-state index in [1.54, 1.807) is 11.3 Å². The molecule has 0 spiro atoms. The zero-order valence-electron chi connectivity index (χ0n) is 22.6. The van der Waals surface area contributed by atoms with Gasteiger partial charge in [-0.25, -0.2) is 9.78 Å². The monoisotopic (exact) mass is 588 g/mol. The maximum absolute atomic E-state index is 13.4. The number of H-pyrrole nitrogens is 1. The van der Waals surface area contributed by atoms with Crippen LogP contribution in [0, 0.1) is 12.8 Å². The summed E-state index contributed by atoms with van der Waals surface area (Å²) in [6, 6.07) is 7.67. The van der Waals surface area contributed by atoms with E-state index in [-0.39, 0.29) is 17.9 Å². The van der Waals surface area contributed by atoms with Crippen LogP contribution in [0.3, 0.4) is 0 Å². The molecule has 0 saturated carbocycles. The molecule has 2 unspecified atom stereocenters. The van der Waals surface area contributed by atoms with Gasteiger partial charge in [0, 0.05) is 16.3 Å². The number of hydrogen-bond donors (Lipinski definition) is 2. The molecule has 1 aliphatic heterocycles. The molecule has 1 aromatic carbocycles. The molecule has 7 nitrogen and oxygen atoms in total. The van der Waals surface area contributed by atoms with E-state index >= 15 is 0 Å². The molecule has 37 heavy (non-hydrogen) atoms. The number of halogens is 1. The van der Waals surface area contributed by atoms with Crippen molar-refractivity contribution in [3.8, 4) is 10.4 Å². The lowest BCUT2D eigenvalue weighted by Crippen LogP contribution is -2.51. The summed E-state index contributed by atoms with van der Waals surface area (Å²) in [5, 5.41) is 2.70. The van der Waals surface area contributed by atoms with Gasteiger partial charge in [0.1, 0.15) is 11.9 Å². The van der Waals surface area contributed by atoms with Gasteiger partial charge in [0.15, 0.2) is 0 Å². The van der Waals surface area contributed by atoms with Gasteiger partial charge < -0.3 is 19.9 Å². The number of thiophene rings is 1. The first-order valence-corrected chi connectivity index (χ1v) is 14.4. The number of ether oxygens (including phenoxy) is 1. The van der Waals surface area contributed by atoms with Crippen molar-refractivity contribution in [2.45, 2.75) is 66.5 Å². The van der Waals surface area contributed by atoms with E-state index in [1.807, 2.05) is 45.6 Å². The van der Waals surface area contributed by atoms with Crippen molar-refractivity contribution in [1.82, 2.24) is 20.2 Å². The van der Waals surface area contributed by atoms with E-state index in [9.17, 15) is 9.59 Å². The lowest BCUT2D eigenvalue weighted by atomic mass is 10.0. The second-order valence-corrected chi connectivity index (χ2v) is 11.6. The van der Waals surface area contributed by atoms with Crippen LogP contribution in [-0.4, -0.2) is 46.6 Å². The third-order valence-electron chi connectivity index (χ3n) is 6.31. The van der Waals surface area contributed by atoms with Gasteiger partial charge in [0.2, 0.25) is 5.91 Å². The minimum absolute atomic E-state index is 0.0663. The van der Waals surface area contributed by atoms with Gasteiger partial charge in [-0.15, -0.1) is 11.3 Å². The average molecular weight is 590 g/mol. The number of fused-ring (bicyclic) bond motifs is 1. The summed E-state index contributed by atoms with van der Waals surface area (Å²) in [6.45, 7) is 12.6. The first-order valence-electron chi connectivity index (χ1n) is 12.8. The number of carbonyl (C=O) groups is 2. The van der Waals surface area contributed by atoms with Crippen LogP contribution in [0.2, 0.25) is 0 Å². The molecule has 2 amide bonds. The molecule has 0 bridgehead atoms. The van der Waals surface area contributed by atoms with Crippen molar-refractivity contribution in [1.29, 1.82) is 0 Å². The van der Waals surface area contributed by atoms with Crippen molar-refractivity contribution in [2.24, 2.45) is 5.92 Å². The highest BCUT2D eigenvalue weighted by atomic mass is 79.9. The van der Waals surface area contributed by atoms with Crippen LogP contribution in [0.4, 0.5) is 4.79 Å². The third-order valence-corrected chi connectivity index (χ3v) is 7.78. The minimum Gasteiger partial charge on any atom is -0.453 e. The molecule has 2 N–H and O–H groups in total. The summed E-state index contributed by atoms with van der Waals surface area (Å²) in [5.41, 5.74) is 4.20. The Morgan fingerprint density at radius 2 is 2.03 bits per heavy atom. The van der Waals surface area contributed by atoms with E-state index in [2.05, 4.69) is 57.4 Å². The number of nitrogens with zero attached hydrogens (tertiary/aromatic N) is 2. The second kappa shape index (κ2) is 12.7. The van der Waals surface area contributed by atoms with Crippen molar-refractivity contribution in [2.75, 3.05) is 13.7 Å². The molecule has 0 aliphatic carbocycles. The Balaban J connectivity index is 0.00000186. The quantitative estimate of drug-likeness (QED) is 0.313. The Kier molecular flexibility index (Phi) is 9.95. The molecule has 1 aliphatic rings. The number of methoxy groups -OCH3 is 1. The number of amides is 2. The predicted molar refractivity (Wildman–Crippen MR) is 156 cm³/mol. The highest BCUT2D eigenvalue weighted by Gasteiger charge is 2.37. The molecule has 200 valence electrons. The average Bonchev–Trinajstić information content (AvgIpc) is 3.60. The summed E-state index contributed by atoms with van der Waals surface area (Å²) in [4.78, 5) is 37.8. The lowest BCUT2D eigenvalue weighted by Gasteiger charge is -2.29. The molecule has 9 heteroatoms. The number of aromatic amines is 1. The molecule has 2 atom stereocenters. The molecule has 3 heterocycles. The van der Waals surface area contributed by atoms with Crippen molar-refractivity contribution in [3.63, 3.8) is 0 Å². The van der Waals surface area contributed by atoms with Crippen LogP contribution in [0.5, 0.6) is 0 Å². The van der Waals surface area contributed by atoms with Crippen LogP contribution in [0.25, 0.3) is 27.6 Å². The van der Waals surface area contributed by atoms with E-state index in [1.165, 1.54) is 22.4 Å². The topological polar surface area (TPSA) is 87.3 Å². The van der Waals surface area contributed by atoms with Gasteiger partial charge in [-0.05, 0) is 72.5 Å². The zero-order valence-corrected chi connectivity index (χ0v) is 25.0. The molecule has 1 fully saturated rings. The van der Waals surface area contributed by atoms with Crippen LogP contribution >= 0.6 is 27.3 Å². The Labute approximate surface area is 231 Å². The third kappa shape index (κ3) is 6.62. The number of carbonyl (C=O) groups excluding carboxylic acids is 2. The maximum atomic E-state index is 13.4. The van der Waals surface area contributed by atoms with E-state index in [4.69, 9.17) is 9.72 Å². The van der Waals surface area contributed by atoms with Gasteiger partial charge in [-0.1, -0.05) is 49.7 Å². The number of benzene rings is 1. The molecular weight excluding hydrogens is 552 g/mol. The number of alkyl carbamates (subject to hydrolysis) is 1. The largest absolute Gasteiger partial charge is 0.453 e. The second-order valence-electron chi connectivity index (χ2n) is 9.29. The Morgan fingerprint density at radius 1 is 1.30 bits per heavy atom. The standard InChI is InChI=1S/C26H31BrN4O3S.C2H6/c1-14(2)23(30-26(33)34-5)25(32)31-10-6-7-20(31)24-28-18-9-8-17(13-19(18)29-24)22-11-15(3)21(35-22)12-16(4)27;1-2/h8-9,11-14,20,23H,6-7,10H2,1-5H3,(H,28,29)(H,30,33);1-2H3/b16-12+;. The number of rotatable bonds is 6. The number of aromatic nitrogens is 2. The van der Waals surface area contributed by atoms with Crippen molar-refractivity contribution in [3.05, 3.63) is 45.0 Å². The first-order chi connectivity index (χ1) is 17.7. The summed E-state index contributed by atoms with van der Waals surface area (Å²) >= 11 is 5.28. The highest BCUT2D eigenvalue weighted by Crippen LogP contribution is 2.36. The van der Waals surface area contributed by atoms with Gasteiger partial charge >= 0.3 is 6.09 Å². The van der Waals surface area contributed by atoms with Crippen LogP contribution in [0.1, 0.15) is 69.8 Å². The normalized spacial score (nSPS) is 16.5. The van der Waals surface area contributed by atoms with Crippen LogP contribution in [0.15, 0.2) is 28.7 Å². The Morgan fingerprint density at radius 3 is 2.68 bits per heavy atom. The van der Waals surface area contributed by atoms with Crippen LogP contribution in [-0.2, 0) is 9.53 Å². The SMILES string of the molecule is CC.COC(=O)NC(C(=O)N1CCCC1c1nc2ccc(-c3cc(C)c(/C=C(\C)Br)s3)cc2[nH]1)C(C)C. The molecular formula is C28H37BrN4O3S. The summed E-state index contributed by atoms with van der Waals surface area (Å²) in [7, 11) is 1.30. The fourth-order valence-corrected chi connectivity index (χ4v) is 6.05.